The zero-order valence-electron chi connectivity index (χ0n) is 17.6. The molecule has 2 aromatic heterocycles. The lowest BCUT2D eigenvalue weighted by atomic mass is 10.0. The zero-order valence-corrected chi connectivity index (χ0v) is 17.6. The minimum atomic E-state index is -0.296. The number of aryl methyl sites for hydroxylation is 2. The van der Waals surface area contributed by atoms with Crippen LogP contribution in [0.1, 0.15) is 35.5 Å². The van der Waals surface area contributed by atoms with Crippen LogP contribution in [0.5, 0.6) is 5.75 Å². The van der Waals surface area contributed by atoms with Crippen molar-refractivity contribution in [1.82, 2.24) is 19.8 Å². The molecule has 0 amide bonds. The molecule has 2 aliphatic heterocycles. The number of nitrogen functional groups attached to an aromatic ring is 1. The van der Waals surface area contributed by atoms with Gasteiger partial charge in [0.2, 0.25) is 0 Å². The van der Waals surface area contributed by atoms with Crippen LogP contribution in [0.3, 0.4) is 0 Å². The zero-order chi connectivity index (χ0) is 21.7. The van der Waals surface area contributed by atoms with Gasteiger partial charge in [0.15, 0.2) is 11.6 Å². The summed E-state index contributed by atoms with van der Waals surface area (Å²) >= 11 is 0. The first-order valence-corrected chi connectivity index (χ1v) is 10.0. The molecule has 0 saturated heterocycles. The van der Waals surface area contributed by atoms with E-state index < -0.39 is 0 Å². The highest BCUT2D eigenvalue weighted by Gasteiger charge is 2.29. The first-order chi connectivity index (χ1) is 15.0. The van der Waals surface area contributed by atoms with E-state index in [1.807, 2.05) is 37.3 Å². The molecule has 0 fully saturated rings. The summed E-state index contributed by atoms with van der Waals surface area (Å²) in [6.45, 7) is 5.14. The third-order valence-electron chi connectivity index (χ3n) is 5.62. The van der Waals surface area contributed by atoms with Crippen molar-refractivity contribution in [3.63, 3.8) is 0 Å². The topological polar surface area (TPSA) is 109 Å². The smallest absolute Gasteiger partial charge is 0.166 e. The Kier molecular flexibility index (Phi) is 4.38. The van der Waals surface area contributed by atoms with E-state index >= 15 is 0 Å². The Bertz CT molecular complexity index is 1260. The Morgan fingerprint density at radius 2 is 2.13 bits per heavy atom. The lowest BCUT2D eigenvalue weighted by molar-refractivity contribution is 0.225. The van der Waals surface area contributed by atoms with Gasteiger partial charge in [0.1, 0.15) is 17.9 Å². The Morgan fingerprint density at radius 1 is 1.29 bits per heavy atom. The molecule has 31 heavy (non-hydrogen) atoms. The van der Waals surface area contributed by atoms with E-state index in [0.29, 0.717) is 30.4 Å². The molecule has 2 N–H and O–H groups in total. The van der Waals surface area contributed by atoms with Gasteiger partial charge in [-0.05, 0) is 26.0 Å². The van der Waals surface area contributed by atoms with Crippen molar-refractivity contribution in [2.45, 2.75) is 26.5 Å². The second kappa shape index (κ2) is 7.11. The molecule has 9 heteroatoms. The number of hydrogen-bond donors (Lipinski definition) is 1. The van der Waals surface area contributed by atoms with Crippen LogP contribution in [0.15, 0.2) is 35.6 Å². The monoisotopic (exact) mass is 414 g/mol. The highest BCUT2D eigenvalue weighted by Crippen LogP contribution is 2.38. The van der Waals surface area contributed by atoms with Crippen LogP contribution < -0.4 is 15.6 Å². The van der Waals surface area contributed by atoms with Gasteiger partial charge < -0.3 is 10.5 Å². The number of hydrazone groups is 1. The number of anilines is 2. The lowest BCUT2D eigenvalue weighted by Gasteiger charge is -2.30. The number of benzene rings is 1. The van der Waals surface area contributed by atoms with Crippen LogP contribution in [0, 0.1) is 18.3 Å². The van der Waals surface area contributed by atoms with Gasteiger partial charge >= 0.3 is 0 Å². The molecule has 9 nitrogen and oxygen atoms in total. The van der Waals surface area contributed by atoms with E-state index in [1.54, 1.807) is 17.9 Å². The van der Waals surface area contributed by atoms with E-state index in [2.05, 4.69) is 38.4 Å². The molecule has 0 radical (unpaired) electrons. The van der Waals surface area contributed by atoms with Gasteiger partial charge in [0, 0.05) is 36.1 Å². The van der Waals surface area contributed by atoms with Gasteiger partial charge in [0.05, 0.1) is 24.5 Å². The molecule has 1 aromatic carbocycles. The molecule has 3 aromatic rings. The summed E-state index contributed by atoms with van der Waals surface area (Å²) in [5.41, 5.74) is 11.9. The number of aromatic nitrogens is 3. The first kappa shape index (κ1) is 19.1. The predicted molar refractivity (Wildman–Crippen MR) is 117 cm³/mol. The predicted octanol–water partition coefficient (Wildman–Crippen LogP) is 2.92. The fraction of sp³-hybridized carbons (Fsp3) is 0.273. The molecule has 4 heterocycles. The molecule has 156 valence electrons. The maximum Gasteiger partial charge on any atom is 0.166 e. The van der Waals surface area contributed by atoms with Crippen LogP contribution in [0.4, 0.5) is 11.5 Å². The molecule has 2 bridgehead atoms. The van der Waals surface area contributed by atoms with E-state index in [1.165, 1.54) is 0 Å². The summed E-state index contributed by atoms with van der Waals surface area (Å²) in [6, 6.07) is 10.3. The minimum Gasteiger partial charge on any atom is -0.482 e. The summed E-state index contributed by atoms with van der Waals surface area (Å²) in [5.74, 6) is 0.769. The maximum atomic E-state index is 9.79. The number of fused-ring (bicyclic) bond motifs is 7. The number of nitrogens with zero attached hydrogens (tertiary/aromatic N) is 7. The van der Waals surface area contributed by atoms with Crippen molar-refractivity contribution in [1.29, 1.82) is 5.26 Å². The minimum absolute atomic E-state index is 0.296. The molecule has 5 rings (SSSR count). The van der Waals surface area contributed by atoms with Crippen LogP contribution in [0.25, 0.3) is 11.1 Å². The molecule has 0 spiro atoms. The van der Waals surface area contributed by atoms with Crippen molar-refractivity contribution in [3.05, 3.63) is 53.0 Å². The number of hydrazine groups is 1. The van der Waals surface area contributed by atoms with Crippen LogP contribution >= 0.6 is 0 Å². The number of ether oxygens (including phenoxy) is 1. The van der Waals surface area contributed by atoms with Crippen LogP contribution in [-0.4, -0.2) is 32.5 Å². The average molecular weight is 414 g/mol. The summed E-state index contributed by atoms with van der Waals surface area (Å²) in [7, 11) is 1.77. The molecular formula is C22H22N8O. The number of nitriles is 1. The quantitative estimate of drug-likeness (QED) is 0.602. The fourth-order valence-electron chi connectivity index (χ4n) is 4.12. The fourth-order valence-corrected chi connectivity index (χ4v) is 4.12. The second-order valence-electron chi connectivity index (χ2n) is 7.77. The highest BCUT2D eigenvalue weighted by molar-refractivity contribution is 5.74. The SMILES string of the molecule is Cc1ccc2c(c1)[C@@H](C)Oc1cc(cnc1N)-c1c(nn(C)c1C#N)CN1CC=NN21. The van der Waals surface area contributed by atoms with Crippen molar-refractivity contribution in [3.8, 4) is 22.9 Å². The van der Waals surface area contributed by atoms with Gasteiger partial charge in [-0.15, -0.1) is 0 Å². The van der Waals surface area contributed by atoms with E-state index in [0.717, 1.165) is 33.6 Å². The number of nitrogens with two attached hydrogens (primary N) is 1. The molecular weight excluding hydrogens is 392 g/mol. The summed E-state index contributed by atoms with van der Waals surface area (Å²) in [4.78, 5) is 4.34. The Labute approximate surface area is 179 Å². The van der Waals surface area contributed by atoms with Crippen molar-refractivity contribution in [2.24, 2.45) is 12.1 Å². The molecule has 0 saturated carbocycles. The van der Waals surface area contributed by atoms with Gasteiger partial charge in [-0.3, -0.25) is 4.68 Å². The Balaban J connectivity index is 1.76. The Hall–Kier alpha value is -3.90. The van der Waals surface area contributed by atoms with E-state index in [9.17, 15) is 5.26 Å². The standard InChI is InChI=1S/C22H22N8O/c1-13-4-5-18-16(8-13)14(2)31-20-9-15(11-25-22(20)24)21-17(27-28(3)19(21)10-23)12-29-7-6-26-30(18)29/h4-6,8-9,11,14H,7,12H2,1-3H3,(H2,24,25)/t14-/m1/s1. The maximum absolute atomic E-state index is 9.79. The van der Waals surface area contributed by atoms with Crippen molar-refractivity contribution < 1.29 is 4.74 Å². The van der Waals surface area contributed by atoms with Gasteiger partial charge in [0.25, 0.3) is 0 Å². The van der Waals surface area contributed by atoms with Crippen LogP contribution in [0.2, 0.25) is 0 Å². The molecule has 2 aliphatic rings. The van der Waals surface area contributed by atoms with Crippen molar-refractivity contribution >= 4 is 17.7 Å². The lowest BCUT2D eigenvalue weighted by Crippen LogP contribution is -2.36. The Morgan fingerprint density at radius 3 is 2.94 bits per heavy atom. The van der Waals surface area contributed by atoms with E-state index in [-0.39, 0.29) is 6.10 Å². The summed E-state index contributed by atoms with van der Waals surface area (Å²) in [5, 5.41) is 23.0. The largest absolute Gasteiger partial charge is 0.482 e. The average Bonchev–Trinajstić information content (AvgIpc) is 3.32. The normalized spacial score (nSPS) is 17.6. The summed E-state index contributed by atoms with van der Waals surface area (Å²) in [6.07, 6.45) is 3.23. The number of rotatable bonds is 0. The summed E-state index contributed by atoms with van der Waals surface area (Å²) < 4.78 is 7.89. The molecule has 0 aliphatic carbocycles. The van der Waals surface area contributed by atoms with Crippen LogP contribution in [-0.2, 0) is 13.6 Å². The second-order valence-corrected chi connectivity index (χ2v) is 7.77. The third-order valence-corrected chi connectivity index (χ3v) is 5.62. The molecule has 0 unspecified atom stereocenters. The molecule has 1 atom stereocenters. The third kappa shape index (κ3) is 3.08. The first-order valence-electron chi connectivity index (χ1n) is 10.0. The number of pyridine rings is 1. The van der Waals surface area contributed by atoms with Gasteiger partial charge in [-0.25, -0.2) is 4.98 Å². The van der Waals surface area contributed by atoms with E-state index in [4.69, 9.17) is 10.5 Å². The number of hydrogen-bond acceptors (Lipinski definition) is 8. The van der Waals surface area contributed by atoms with Gasteiger partial charge in [-0.2, -0.15) is 25.6 Å². The van der Waals surface area contributed by atoms with Gasteiger partial charge in [-0.1, -0.05) is 17.7 Å². The van der Waals surface area contributed by atoms with Crippen molar-refractivity contribution in [2.75, 3.05) is 17.4 Å². The highest BCUT2D eigenvalue weighted by atomic mass is 16.5.